The van der Waals surface area contributed by atoms with Crippen molar-refractivity contribution in [1.29, 1.82) is 0 Å². The highest BCUT2D eigenvalue weighted by atomic mass is 32.1. The molecule has 1 aromatic heterocycles. The summed E-state index contributed by atoms with van der Waals surface area (Å²) in [5.41, 5.74) is 1.61. The van der Waals surface area contributed by atoms with Crippen LogP contribution in [0.2, 0.25) is 0 Å². The molecular weight excluding hydrogens is 268 g/mol. The molecule has 0 saturated heterocycles. The van der Waals surface area contributed by atoms with Gasteiger partial charge in [0.15, 0.2) is 10.9 Å². The van der Waals surface area contributed by atoms with E-state index in [9.17, 15) is 4.79 Å². The van der Waals surface area contributed by atoms with Crippen molar-refractivity contribution in [1.82, 2.24) is 4.98 Å². The zero-order chi connectivity index (χ0) is 14.4. The summed E-state index contributed by atoms with van der Waals surface area (Å²) in [6.45, 7) is 3.19. The van der Waals surface area contributed by atoms with Gasteiger partial charge in [0.05, 0.1) is 12.1 Å². The van der Waals surface area contributed by atoms with Crippen LogP contribution in [0.5, 0.6) is 0 Å². The largest absolute Gasteiger partial charge is 0.351 e. The van der Waals surface area contributed by atoms with Gasteiger partial charge in [-0.1, -0.05) is 43.7 Å². The third-order valence-corrected chi connectivity index (χ3v) is 4.15. The van der Waals surface area contributed by atoms with Gasteiger partial charge in [0.25, 0.3) is 0 Å². The lowest BCUT2D eigenvalue weighted by atomic mass is 10.1. The molecule has 0 aliphatic heterocycles. The van der Waals surface area contributed by atoms with Gasteiger partial charge >= 0.3 is 0 Å². The van der Waals surface area contributed by atoms with Gasteiger partial charge in [-0.15, -0.1) is 11.3 Å². The number of carbonyl (C=O) groups is 1. The first-order valence-corrected chi connectivity index (χ1v) is 7.82. The van der Waals surface area contributed by atoms with E-state index >= 15 is 0 Å². The predicted octanol–water partition coefficient (Wildman–Crippen LogP) is 3.80. The first-order valence-electron chi connectivity index (χ1n) is 6.94. The molecule has 2 aromatic rings. The minimum Gasteiger partial charge on any atom is -0.351 e. The first-order chi connectivity index (χ1) is 9.70. The van der Waals surface area contributed by atoms with Crippen molar-refractivity contribution in [2.24, 2.45) is 0 Å². The average Bonchev–Trinajstić information content (AvgIpc) is 2.94. The maximum absolute atomic E-state index is 12.1. The second-order valence-corrected chi connectivity index (χ2v) is 5.70. The van der Waals surface area contributed by atoms with Crippen LogP contribution in [-0.2, 0) is 6.42 Å². The van der Waals surface area contributed by atoms with Crippen LogP contribution >= 0.6 is 11.3 Å². The monoisotopic (exact) mass is 288 g/mol. The number of benzene rings is 1. The van der Waals surface area contributed by atoms with Gasteiger partial charge in [0, 0.05) is 24.5 Å². The van der Waals surface area contributed by atoms with Crippen LogP contribution in [0.1, 0.15) is 35.8 Å². The van der Waals surface area contributed by atoms with E-state index in [1.165, 1.54) is 6.42 Å². The van der Waals surface area contributed by atoms with Crippen molar-refractivity contribution in [2.75, 3.05) is 18.5 Å². The fourth-order valence-corrected chi connectivity index (χ4v) is 2.75. The summed E-state index contributed by atoms with van der Waals surface area (Å²) in [4.78, 5) is 18.8. The SMILES string of the molecule is CCCCN(C)c1nc(CC(=O)c2ccccc2)cs1. The molecule has 1 aromatic carbocycles. The summed E-state index contributed by atoms with van der Waals surface area (Å²) in [5, 5.41) is 2.98. The van der Waals surface area contributed by atoms with E-state index in [1.807, 2.05) is 35.7 Å². The number of rotatable bonds is 7. The summed E-state index contributed by atoms with van der Waals surface area (Å²) in [7, 11) is 2.05. The van der Waals surface area contributed by atoms with Gasteiger partial charge in [0.2, 0.25) is 0 Å². The van der Waals surface area contributed by atoms with Crippen LogP contribution < -0.4 is 4.90 Å². The molecule has 2 rings (SSSR count). The Hall–Kier alpha value is -1.68. The molecule has 3 nitrogen and oxygen atoms in total. The maximum Gasteiger partial charge on any atom is 0.185 e. The molecule has 4 heteroatoms. The number of Topliss-reactive ketones (excluding diaryl/α,β-unsaturated/α-hetero) is 1. The molecule has 0 aliphatic carbocycles. The molecule has 0 fully saturated rings. The van der Waals surface area contributed by atoms with Crippen LogP contribution in [0.4, 0.5) is 5.13 Å². The highest BCUT2D eigenvalue weighted by Crippen LogP contribution is 2.20. The standard InChI is InChI=1S/C16H20N2OS/c1-3-4-10-18(2)16-17-14(12-20-16)11-15(19)13-8-6-5-7-9-13/h5-9,12H,3-4,10-11H2,1-2H3. The predicted molar refractivity (Wildman–Crippen MR) is 84.8 cm³/mol. The second kappa shape index (κ2) is 7.20. The topological polar surface area (TPSA) is 33.2 Å². The van der Waals surface area contributed by atoms with Crippen LogP contribution in [0.3, 0.4) is 0 Å². The van der Waals surface area contributed by atoms with Crippen LogP contribution in [0.15, 0.2) is 35.7 Å². The lowest BCUT2D eigenvalue weighted by Crippen LogP contribution is -2.18. The Morgan fingerprint density at radius 1 is 1.30 bits per heavy atom. The number of nitrogens with zero attached hydrogens (tertiary/aromatic N) is 2. The van der Waals surface area contributed by atoms with Crippen molar-refractivity contribution in [3.05, 3.63) is 47.0 Å². The highest BCUT2D eigenvalue weighted by molar-refractivity contribution is 7.13. The second-order valence-electron chi connectivity index (χ2n) is 4.86. The Labute approximate surface area is 124 Å². The van der Waals surface area contributed by atoms with E-state index in [0.29, 0.717) is 6.42 Å². The molecule has 0 bridgehead atoms. The van der Waals surface area contributed by atoms with Gasteiger partial charge in [-0.05, 0) is 6.42 Å². The smallest absolute Gasteiger partial charge is 0.185 e. The zero-order valence-electron chi connectivity index (χ0n) is 12.0. The van der Waals surface area contributed by atoms with E-state index in [2.05, 4.69) is 23.9 Å². The van der Waals surface area contributed by atoms with Crippen molar-refractivity contribution < 1.29 is 4.79 Å². The number of anilines is 1. The number of unbranched alkanes of at least 4 members (excludes halogenated alkanes) is 1. The Morgan fingerprint density at radius 2 is 2.05 bits per heavy atom. The molecule has 0 amide bonds. The lowest BCUT2D eigenvalue weighted by molar-refractivity contribution is 0.0992. The Balaban J connectivity index is 1.97. The Kier molecular flexibility index (Phi) is 5.30. The molecule has 1 heterocycles. The van der Waals surface area contributed by atoms with Crippen LogP contribution in [-0.4, -0.2) is 24.4 Å². The molecule has 0 unspecified atom stereocenters. The summed E-state index contributed by atoms with van der Waals surface area (Å²) >= 11 is 1.61. The molecular formula is C16H20N2OS. The van der Waals surface area contributed by atoms with Crippen LogP contribution in [0, 0.1) is 0 Å². The molecule has 0 radical (unpaired) electrons. The van der Waals surface area contributed by atoms with Gasteiger partial charge in [0.1, 0.15) is 0 Å². The molecule has 0 aliphatic rings. The first kappa shape index (κ1) is 14.7. The number of thiazole rings is 1. The fourth-order valence-electron chi connectivity index (χ4n) is 1.93. The number of aromatic nitrogens is 1. The fraction of sp³-hybridized carbons (Fsp3) is 0.375. The lowest BCUT2D eigenvalue weighted by Gasteiger charge is -2.14. The summed E-state index contributed by atoms with van der Waals surface area (Å²) in [6.07, 6.45) is 2.71. The third-order valence-electron chi connectivity index (χ3n) is 3.15. The number of carbonyl (C=O) groups excluding carboxylic acids is 1. The van der Waals surface area contributed by atoms with E-state index < -0.39 is 0 Å². The average molecular weight is 288 g/mol. The van der Waals surface area contributed by atoms with E-state index in [0.717, 1.165) is 29.4 Å². The molecule has 0 spiro atoms. The Morgan fingerprint density at radius 3 is 2.75 bits per heavy atom. The van der Waals surface area contributed by atoms with Crippen molar-refractivity contribution in [3.8, 4) is 0 Å². The minimum absolute atomic E-state index is 0.124. The summed E-state index contributed by atoms with van der Waals surface area (Å²) in [6, 6.07) is 9.39. The normalized spacial score (nSPS) is 10.5. The van der Waals surface area contributed by atoms with Gasteiger partial charge in [-0.2, -0.15) is 0 Å². The highest BCUT2D eigenvalue weighted by Gasteiger charge is 2.11. The quantitative estimate of drug-likeness (QED) is 0.726. The molecule has 0 atom stereocenters. The molecule has 0 saturated carbocycles. The van der Waals surface area contributed by atoms with Gasteiger partial charge in [-0.3, -0.25) is 4.79 Å². The van der Waals surface area contributed by atoms with E-state index in [1.54, 1.807) is 11.3 Å². The molecule has 106 valence electrons. The number of ketones is 1. The molecule has 0 N–H and O–H groups in total. The zero-order valence-corrected chi connectivity index (χ0v) is 12.8. The maximum atomic E-state index is 12.1. The van der Waals surface area contributed by atoms with Crippen LogP contribution in [0.25, 0.3) is 0 Å². The number of hydrogen-bond donors (Lipinski definition) is 0. The van der Waals surface area contributed by atoms with E-state index in [-0.39, 0.29) is 5.78 Å². The number of hydrogen-bond acceptors (Lipinski definition) is 4. The van der Waals surface area contributed by atoms with Crippen molar-refractivity contribution in [2.45, 2.75) is 26.2 Å². The Bertz CT molecular complexity index is 551. The third kappa shape index (κ3) is 3.90. The molecule has 20 heavy (non-hydrogen) atoms. The van der Waals surface area contributed by atoms with Gasteiger partial charge < -0.3 is 4.90 Å². The van der Waals surface area contributed by atoms with E-state index in [4.69, 9.17) is 0 Å². The van der Waals surface area contributed by atoms with Gasteiger partial charge in [-0.25, -0.2) is 4.98 Å². The minimum atomic E-state index is 0.124. The summed E-state index contributed by atoms with van der Waals surface area (Å²) in [5.74, 6) is 0.124. The van der Waals surface area contributed by atoms with Crippen molar-refractivity contribution in [3.63, 3.8) is 0 Å². The van der Waals surface area contributed by atoms with Crippen molar-refractivity contribution >= 4 is 22.3 Å². The summed E-state index contributed by atoms with van der Waals surface area (Å²) < 4.78 is 0.